The van der Waals surface area contributed by atoms with Crippen LogP contribution in [0.15, 0.2) is 0 Å². The molecule has 0 fully saturated rings. The maximum atomic E-state index is 10.7. The second kappa shape index (κ2) is 5.32. The average Bonchev–Trinajstić information content (AvgIpc) is 2.00. The molecule has 0 aliphatic rings. The number of nitriles is 1. The van der Waals surface area contributed by atoms with Crippen LogP contribution >= 0.6 is 0 Å². The van der Waals surface area contributed by atoms with Crippen molar-refractivity contribution < 1.29 is 23.9 Å². The lowest BCUT2D eigenvalue weighted by molar-refractivity contribution is -0.827. The van der Waals surface area contributed by atoms with E-state index in [0.717, 1.165) is 0 Å². The molecule has 0 aromatic carbocycles. The Hall–Kier alpha value is -1.61. The van der Waals surface area contributed by atoms with Gasteiger partial charge in [-0.1, -0.05) is 0 Å². The Kier molecular flexibility index (Phi) is 4.74. The molecule has 1 unspecified atom stereocenters. The number of likely N-dealkylation sites (N-methyl/N-ethyl adjacent to an activating group) is 1. The maximum absolute atomic E-state index is 10.7. The fraction of sp³-hybridized carbons (Fsp3) is 0.667. The quantitative estimate of drug-likeness (QED) is 0.394. The van der Waals surface area contributed by atoms with Gasteiger partial charge in [0.25, 0.3) is 0 Å². The summed E-state index contributed by atoms with van der Waals surface area (Å²) in [6.45, 7) is 1.36. The average molecular weight is 215 g/mol. The largest absolute Gasteiger partial charge is 0.481 e. The number of ether oxygens (including phenoxy) is 1. The van der Waals surface area contributed by atoms with Crippen molar-refractivity contribution in [3.63, 3.8) is 0 Å². The van der Waals surface area contributed by atoms with Gasteiger partial charge in [-0.25, -0.2) is 4.48 Å². The monoisotopic (exact) mass is 215 g/mol. The first kappa shape index (κ1) is 13.4. The van der Waals surface area contributed by atoms with Gasteiger partial charge in [0, 0.05) is 6.92 Å². The molecule has 0 saturated heterocycles. The zero-order valence-corrected chi connectivity index (χ0v) is 9.06. The van der Waals surface area contributed by atoms with E-state index >= 15 is 0 Å². The smallest absolute Gasteiger partial charge is 0.308 e. The van der Waals surface area contributed by atoms with Crippen molar-refractivity contribution in [2.75, 3.05) is 20.6 Å². The lowest BCUT2D eigenvalue weighted by Crippen LogP contribution is -2.43. The molecule has 0 radical (unpaired) electrons. The van der Waals surface area contributed by atoms with Crippen molar-refractivity contribution in [3.8, 4) is 6.19 Å². The minimum Gasteiger partial charge on any atom is -0.481 e. The van der Waals surface area contributed by atoms with E-state index < -0.39 is 18.0 Å². The molecule has 0 bridgehead atoms. The molecule has 0 amide bonds. The van der Waals surface area contributed by atoms with Crippen LogP contribution in [0.5, 0.6) is 0 Å². The standard InChI is InChI=1S/C9H14N2O4/c1-7(12)15-8(4-9(13)14)5-11(2,3)6-10/h8H,4-5H2,1-3H3/p+1. The predicted octanol–water partition coefficient (Wildman–Crippen LogP) is -0.0497. The highest BCUT2D eigenvalue weighted by Gasteiger charge is 2.26. The van der Waals surface area contributed by atoms with Gasteiger partial charge >= 0.3 is 18.1 Å². The summed E-state index contributed by atoms with van der Waals surface area (Å²) in [7, 11) is 3.22. The predicted molar refractivity (Wildman–Crippen MR) is 50.4 cm³/mol. The van der Waals surface area contributed by atoms with Crippen LogP contribution in [0.1, 0.15) is 13.3 Å². The fourth-order valence-corrected chi connectivity index (χ4v) is 1.12. The highest BCUT2D eigenvalue weighted by Crippen LogP contribution is 2.06. The Balaban J connectivity index is 4.44. The van der Waals surface area contributed by atoms with Crippen molar-refractivity contribution in [2.45, 2.75) is 19.4 Å². The molecule has 0 saturated carbocycles. The van der Waals surface area contributed by atoms with E-state index in [2.05, 4.69) is 0 Å². The van der Waals surface area contributed by atoms with E-state index in [-0.39, 0.29) is 17.4 Å². The van der Waals surface area contributed by atoms with Crippen molar-refractivity contribution in [3.05, 3.63) is 0 Å². The molecule has 15 heavy (non-hydrogen) atoms. The lowest BCUT2D eigenvalue weighted by Gasteiger charge is -2.23. The van der Waals surface area contributed by atoms with E-state index in [1.807, 2.05) is 6.19 Å². The van der Waals surface area contributed by atoms with Gasteiger partial charge in [0.05, 0.1) is 20.5 Å². The molecule has 0 heterocycles. The molecule has 1 atom stereocenters. The highest BCUT2D eigenvalue weighted by atomic mass is 16.5. The zero-order valence-electron chi connectivity index (χ0n) is 9.06. The van der Waals surface area contributed by atoms with Gasteiger partial charge in [-0.15, -0.1) is 5.26 Å². The van der Waals surface area contributed by atoms with E-state index in [4.69, 9.17) is 15.1 Å². The molecule has 1 N–H and O–H groups in total. The van der Waals surface area contributed by atoms with Crippen LogP contribution in [-0.4, -0.2) is 48.3 Å². The van der Waals surface area contributed by atoms with E-state index in [0.29, 0.717) is 0 Å². The number of carbonyl (C=O) groups is 2. The Morgan fingerprint density at radius 2 is 2.07 bits per heavy atom. The van der Waals surface area contributed by atoms with Crippen LogP contribution in [0.3, 0.4) is 0 Å². The minimum atomic E-state index is -1.06. The third-order valence-electron chi connectivity index (χ3n) is 1.67. The molecule has 6 nitrogen and oxygen atoms in total. The molecule has 6 heteroatoms. The van der Waals surface area contributed by atoms with Crippen LogP contribution < -0.4 is 0 Å². The second-order valence-corrected chi connectivity index (χ2v) is 3.80. The first-order valence-corrected chi connectivity index (χ1v) is 4.40. The Morgan fingerprint density at radius 3 is 2.40 bits per heavy atom. The number of carboxylic acids is 1. The van der Waals surface area contributed by atoms with Gasteiger partial charge in [-0.05, 0) is 0 Å². The van der Waals surface area contributed by atoms with Gasteiger partial charge in [-0.3, -0.25) is 9.59 Å². The zero-order chi connectivity index (χ0) is 12.1. The van der Waals surface area contributed by atoms with Crippen LogP contribution in [0.2, 0.25) is 0 Å². The van der Waals surface area contributed by atoms with Crippen molar-refractivity contribution in [2.24, 2.45) is 0 Å². The number of nitrogens with zero attached hydrogens (tertiary/aromatic N) is 2. The Morgan fingerprint density at radius 1 is 1.53 bits per heavy atom. The second-order valence-electron chi connectivity index (χ2n) is 3.80. The molecule has 0 aliphatic heterocycles. The molecular formula is C9H15N2O4+. The molecule has 0 aromatic heterocycles. The van der Waals surface area contributed by atoms with Crippen LogP contribution in [0.25, 0.3) is 0 Å². The van der Waals surface area contributed by atoms with Crippen molar-refractivity contribution in [1.29, 1.82) is 5.26 Å². The first-order valence-electron chi connectivity index (χ1n) is 4.40. The van der Waals surface area contributed by atoms with Gasteiger partial charge < -0.3 is 9.84 Å². The lowest BCUT2D eigenvalue weighted by atomic mass is 10.2. The van der Waals surface area contributed by atoms with Gasteiger partial charge in [0.1, 0.15) is 6.54 Å². The highest BCUT2D eigenvalue weighted by molar-refractivity contribution is 5.69. The minimum absolute atomic E-state index is 0.0643. The summed E-state index contributed by atoms with van der Waals surface area (Å²) in [5.41, 5.74) is 0. The molecule has 0 aliphatic carbocycles. The summed E-state index contributed by atoms with van der Waals surface area (Å²) >= 11 is 0. The summed E-state index contributed by atoms with van der Waals surface area (Å²) in [6, 6.07) is 0. The topological polar surface area (TPSA) is 87.4 Å². The Bertz CT molecular complexity index is 277. The Labute approximate surface area is 88.3 Å². The normalized spacial score (nSPS) is 12.7. The maximum Gasteiger partial charge on any atom is 0.308 e. The van der Waals surface area contributed by atoms with Crippen molar-refractivity contribution in [1.82, 2.24) is 0 Å². The molecule has 0 spiro atoms. The van der Waals surface area contributed by atoms with Crippen LogP contribution in [0.4, 0.5) is 0 Å². The van der Waals surface area contributed by atoms with Gasteiger partial charge in [0.15, 0.2) is 6.10 Å². The number of esters is 1. The summed E-state index contributed by atoms with van der Waals surface area (Å²) < 4.78 is 4.75. The first-order chi connectivity index (χ1) is 6.76. The SMILES string of the molecule is CC(=O)OC(CC(=O)O)C[N+](C)(C)C#N. The third-order valence-corrected chi connectivity index (χ3v) is 1.67. The van der Waals surface area contributed by atoms with Crippen molar-refractivity contribution >= 4 is 11.9 Å². The van der Waals surface area contributed by atoms with E-state index in [1.165, 1.54) is 6.92 Å². The van der Waals surface area contributed by atoms with Gasteiger partial charge in [-0.2, -0.15) is 0 Å². The third kappa shape index (κ3) is 6.46. The number of hydrogen-bond donors (Lipinski definition) is 1. The summed E-state index contributed by atoms with van der Waals surface area (Å²) in [4.78, 5) is 21.2. The molecule has 0 aromatic rings. The summed E-state index contributed by atoms with van der Waals surface area (Å²) in [5.74, 6) is -1.60. The van der Waals surface area contributed by atoms with E-state index in [1.54, 1.807) is 14.1 Å². The number of carbonyl (C=O) groups excluding carboxylic acids is 1. The number of hydrogen-bond acceptors (Lipinski definition) is 4. The molecule has 0 rings (SSSR count). The van der Waals surface area contributed by atoms with E-state index in [9.17, 15) is 9.59 Å². The number of quaternary nitrogens is 1. The number of rotatable bonds is 5. The summed E-state index contributed by atoms with van der Waals surface area (Å²) in [5, 5.41) is 17.3. The fourth-order valence-electron chi connectivity index (χ4n) is 1.12. The molecular weight excluding hydrogens is 200 g/mol. The van der Waals surface area contributed by atoms with Crippen LogP contribution in [-0.2, 0) is 14.3 Å². The number of aliphatic carboxylic acids is 1. The van der Waals surface area contributed by atoms with Crippen LogP contribution in [0, 0.1) is 11.5 Å². The number of carboxylic acid groups (broad SMARTS) is 1. The summed E-state index contributed by atoms with van der Waals surface area (Å²) in [6.07, 6.45) is 0.914. The molecule has 84 valence electrons. The van der Waals surface area contributed by atoms with Gasteiger partial charge in [0.2, 0.25) is 0 Å².